The fourth-order valence-corrected chi connectivity index (χ4v) is 6.68. The highest BCUT2D eigenvalue weighted by atomic mass is 16.5. The molecule has 2 aliphatic rings. The van der Waals surface area contributed by atoms with Crippen molar-refractivity contribution in [3.05, 3.63) is 101 Å². The highest BCUT2D eigenvalue weighted by molar-refractivity contribution is 5.99. The van der Waals surface area contributed by atoms with E-state index in [2.05, 4.69) is 20.9 Å². The number of nitrogens with zero attached hydrogens (tertiary/aromatic N) is 3. The Morgan fingerprint density at radius 2 is 1.51 bits per heavy atom. The van der Waals surface area contributed by atoms with Crippen LogP contribution in [0, 0.1) is 0 Å². The Bertz CT molecular complexity index is 1750. The van der Waals surface area contributed by atoms with Gasteiger partial charge in [0, 0.05) is 59.7 Å². The standard InChI is InChI=1S/C42H54N6O7/c1-30-42(53)47(3)34(26-31-10-5-4-6-11-31)29-55-37-13-8-7-12-35(37)40(51)45-36(19-20-39(50)46(2)21-9-14-38(49)44-30)41(52)43-27-32-15-17-33(18-16-32)28-48-22-24-54-25-23-48/h4-8,10-13,15-18,30,34,36H,9,14,19-29H2,1-3H3,(H,43,52)(H,44,49)(H,45,51)/t30-,34-,36-/m0/s1. The van der Waals surface area contributed by atoms with Crippen LogP contribution < -0.4 is 20.7 Å². The predicted molar refractivity (Wildman–Crippen MR) is 208 cm³/mol. The highest BCUT2D eigenvalue weighted by Gasteiger charge is 2.28. The maximum atomic E-state index is 13.9. The van der Waals surface area contributed by atoms with Gasteiger partial charge in [-0.3, -0.25) is 28.9 Å². The second-order valence-corrected chi connectivity index (χ2v) is 14.3. The summed E-state index contributed by atoms with van der Waals surface area (Å²) >= 11 is 0. The van der Waals surface area contributed by atoms with Crippen LogP contribution in [0.4, 0.5) is 0 Å². The lowest BCUT2D eigenvalue weighted by atomic mass is 10.0. The molecule has 2 heterocycles. The number of fused-ring (bicyclic) bond motifs is 1. The van der Waals surface area contributed by atoms with E-state index >= 15 is 0 Å². The number of para-hydroxylation sites is 1. The van der Waals surface area contributed by atoms with E-state index < -0.39 is 29.9 Å². The molecule has 3 N–H and O–H groups in total. The van der Waals surface area contributed by atoms with Crippen molar-refractivity contribution >= 4 is 29.5 Å². The van der Waals surface area contributed by atoms with Crippen LogP contribution in [-0.4, -0.2) is 116 Å². The van der Waals surface area contributed by atoms with Gasteiger partial charge in [-0.05, 0) is 55.0 Å². The number of hydrogen-bond donors (Lipinski definition) is 3. The molecule has 294 valence electrons. The molecule has 5 amide bonds. The van der Waals surface area contributed by atoms with E-state index in [9.17, 15) is 24.0 Å². The average Bonchev–Trinajstić information content (AvgIpc) is 3.20. The third-order valence-electron chi connectivity index (χ3n) is 10.1. The zero-order valence-electron chi connectivity index (χ0n) is 32.1. The number of nitrogens with one attached hydrogen (secondary N) is 3. The van der Waals surface area contributed by atoms with Crippen LogP contribution in [0.3, 0.4) is 0 Å². The molecule has 13 heteroatoms. The van der Waals surface area contributed by atoms with E-state index in [4.69, 9.17) is 9.47 Å². The second-order valence-electron chi connectivity index (χ2n) is 14.3. The van der Waals surface area contributed by atoms with Gasteiger partial charge in [-0.15, -0.1) is 0 Å². The molecular weight excluding hydrogens is 700 g/mol. The van der Waals surface area contributed by atoms with Gasteiger partial charge in [-0.1, -0.05) is 66.7 Å². The van der Waals surface area contributed by atoms with Gasteiger partial charge in [0.25, 0.3) is 5.91 Å². The van der Waals surface area contributed by atoms with Gasteiger partial charge < -0.3 is 35.2 Å². The molecule has 0 aliphatic carbocycles. The Balaban J connectivity index is 1.33. The molecule has 0 spiro atoms. The molecule has 2 aliphatic heterocycles. The number of carbonyl (C=O) groups excluding carboxylic acids is 5. The Labute approximate surface area is 323 Å². The first-order valence-electron chi connectivity index (χ1n) is 19.1. The third kappa shape index (κ3) is 12.4. The van der Waals surface area contributed by atoms with Crippen LogP contribution >= 0.6 is 0 Å². The Morgan fingerprint density at radius 1 is 0.818 bits per heavy atom. The normalized spacial score (nSPS) is 21.5. The van der Waals surface area contributed by atoms with Crippen molar-refractivity contribution in [2.24, 2.45) is 0 Å². The summed E-state index contributed by atoms with van der Waals surface area (Å²) in [6, 6.07) is 22.2. The van der Waals surface area contributed by atoms with E-state index in [1.54, 1.807) is 50.2 Å². The van der Waals surface area contributed by atoms with E-state index in [1.165, 1.54) is 10.5 Å². The lowest BCUT2D eigenvalue weighted by Gasteiger charge is -2.31. The SMILES string of the molecule is C[C@@H]1NC(=O)CCCN(C)C(=O)CC[C@@H](C(=O)NCc2ccc(CN3CCOCC3)cc2)NC(=O)c2ccccc2OC[C@H](Cc2ccccc2)N(C)C1=O. The van der Waals surface area contributed by atoms with Gasteiger partial charge in [-0.25, -0.2) is 0 Å². The number of rotatable bonds is 7. The summed E-state index contributed by atoms with van der Waals surface area (Å²) in [4.78, 5) is 72.6. The Morgan fingerprint density at radius 3 is 2.25 bits per heavy atom. The summed E-state index contributed by atoms with van der Waals surface area (Å²) in [6.07, 6.45) is 1.04. The molecule has 1 fully saturated rings. The van der Waals surface area contributed by atoms with Crippen molar-refractivity contribution < 1.29 is 33.4 Å². The quantitative estimate of drug-likeness (QED) is 0.334. The topological polar surface area (TPSA) is 150 Å². The van der Waals surface area contributed by atoms with Crippen LogP contribution in [0.5, 0.6) is 5.75 Å². The molecule has 55 heavy (non-hydrogen) atoms. The number of morpholine rings is 1. The summed E-state index contributed by atoms with van der Waals surface area (Å²) in [5.41, 5.74) is 3.27. The lowest BCUT2D eigenvalue weighted by molar-refractivity contribution is -0.137. The van der Waals surface area contributed by atoms with Crippen molar-refractivity contribution in [3.63, 3.8) is 0 Å². The van der Waals surface area contributed by atoms with Crippen LogP contribution in [0.15, 0.2) is 78.9 Å². The molecule has 1 saturated heterocycles. The zero-order chi connectivity index (χ0) is 39.2. The van der Waals surface area contributed by atoms with Gasteiger partial charge >= 0.3 is 0 Å². The number of benzene rings is 3. The average molecular weight is 755 g/mol. The fraction of sp³-hybridized carbons (Fsp3) is 0.452. The maximum Gasteiger partial charge on any atom is 0.255 e. The molecule has 13 nitrogen and oxygen atoms in total. The second kappa shape index (κ2) is 20.4. The van der Waals surface area contributed by atoms with Crippen LogP contribution in [0.1, 0.15) is 59.7 Å². The first-order valence-corrected chi connectivity index (χ1v) is 19.1. The van der Waals surface area contributed by atoms with Crippen LogP contribution in [0.2, 0.25) is 0 Å². The minimum atomic E-state index is -1.02. The van der Waals surface area contributed by atoms with Crippen molar-refractivity contribution in [2.75, 3.05) is 53.6 Å². The fourth-order valence-electron chi connectivity index (χ4n) is 6.68. The molecular formula is C42H54N6O7. The van der Waals surface area contributed by atoms with E-state index in [0.717, 1.165) is 44.0 Å². The van der Waals surface area contributed by atoms with Crippen molar-refractivity contribution in [1.82, 2.24) is 30.7 Å². The molecule has 5 rings (SSSR count). The highest BCUT2D eigenvalue weighted by Crippen LogP contribution is 2.21. The predicted octanol–water partition coefficient (Wildman–Crippen LogP) is 2.92. The first kappa shape index (κ1) is 40.9. The first-order chi connectivity index (χ1) is 26.6. The van der Waals surface area contributed by atoms with Gasteiger partial charge in [0.15, 0.2) is 0 Å². The minimum absolute atomic E-state index is 0.00547. The van der Waals surface area contributed by atoms with Crippen LogP contribution in [-0.2, 0) is 43.4 Å². The summed E-state index contributed by atoms with van der Waals surface area (Å²) < 4.78 is 11.7. The van der Waals surface area contributed by atoms with E-state index in [-0.39, 0.29) is 61.4 Å². The van der Waals surface area contributed by atoms with Gasteiger partial charge in [0.1, 0.15) is 24.4 Å². The Kier molecular flexibility index (Phi) is 15.2. The summed E-state index contributed by atoms with van der Waals surface area (Å²) in [6.45, 7) is 6.33. The van der Waals surface area contributed by atoms with Gasteiger partial charge in [0.05, 0.1) is 24.8 Å². The molecule has 3 aromatic rings. The number of ether oxygens (including phenoxy) is 2. The Hall–Kier alpha value is -5.27. The summed E-state index contributed by atoms with van der Waals surface area (Å²) in [7, 11) is 3.32. The van der Waals surface area contributed by atoms with Gasteiger partial charge in [-0.2, -0.15) is 0 Å². The number of carbonyl (C=O) groups is 5. The maximum absolute atomic E-state index is 13.9. The van der Waals surface area contributed by atoms with E-state index in [0.29, 0.717) is 19.4 Å². The monoisotopic (exact) mass is 754 g/mol. The lowest BCUT2D eigenvalue weighted by Crippen LogP contribution is -2.51. The molecule has 0 radical (unpaired) electrons. The zero-order valence-corrected chi connectivity index (χ0v) is 32.1. The summed E-state index contributed by atoms with van der Waals surface area (Å²) in [5.74, 6) is -1.48. The third-order valence-corrected chi connectivity index (χ3v) is 10.1. The van der Waals surface area contributed by atoms with Crippen molar-refractivity contribution in [3.8, 4) is 5.75 Å². The minimum Gasteiger partial charge on any atom is -0.491 e. The van der Waals surface area contributed by atoms with Crippen molar-refractivity contribution in [2.45, 2.75) is 70.2 Å². The summed E-state index contributed by atoms with van der Waals surface area (Å²) in [5, 5.41) is 8.61. The van der Waals surface area contributed by atoms with Gasteiger partial charge in [0.2, 0.25) is 23.6 Å². The molecule has 3 atom stereocenters. The smallest absolute Gasteiger partial charge is 0.255 e. The number of likely N-dealkylation sites (N-methyl/N-ethyl adjacent to an activating group) is 1. The number of amides is 5. The molecule has 3 aromatic carbocycles. The van der Waals surface area contributed by atoms with Crippen LogP contribution in [0.25, 0.3) is 0 Å². The number of hydrogen-bond acceptors (Lipinski definition) is 8. The molecule has 0 bridgehead atoms. The molecule has 0 saturated carbocycles. The van der Waals surface area contributed by atoms with Crippen molar-refractivity contribution in [1.29, 1.82) is 0 Å². The largest absolute Gasteiger partial charge is 0.491 e. The van der Waals surface area contributed by atoms with E-state index in [1.807, 2.05) is 54.6 Å². The molecule has 0 aromatic heterocycles. The molecule has 0 unspecified atom stereocenters.